The Morgan fingerprint density at radius 1 is 0.931 bits per heavy atom. The molecule has 0 spiro atoms. The zero-order valence-corrected chi connectivity index (χ0v) is 15.5. The fraction of sp³-hybridized carbons (Fsp3) is 0.136. The molecule has 0 aliphatic heterocycles. The van der Waals surface area contributed by atoms with Crippen molar-refractivity contribution < 1.29 is 9.18 Å². The van der Waals surface area contributed by atoms with Gasteiger partial charge in [-0.2, -0.15) is 0 Å². The number of benzene rings is 1. The van der Waals surface area contributed by atoms with Gasteiger partial charge >= 0.3 is 0 Å². The Hall–Kier alpha value is -3.74. The van der Waals surface area contributed by atoms with Crippen molar-refractivity contribution in [2.45, 2.75) is 19.3 Å². The summed E-state index contributed by atoms with van der Waals surface area (Å²) in [6.45, 7) is 0. The fourth-order valence-electron chi connectivity index (χ4n) is 3.18. The molecule has 0 fully saturated rings. The maximum Gasteiger partial charge on any atom is 0.221 e. The van der Waals surface area contributed by atoms with Gasteiger partial charge in [-0.3, -0.25) is 14.8 Å². The third-order valence-electron chi connectivity index (χ3n) is 4.57. The number of nitrogen functional groups attached to an aromatic ring is 1. The zero-order valence-electron chi connectivity index (χ0n) is 15.5. The summed E-state index contributed by atoms with van der Waals surface area (Å²) in [5, 5.41) is 0.364. The largest absolute Gasteiger partial charge is 0.368 e. The summed E-state index contributed by atoms with van der Waals surface area (Å²) in [5.74, 6) is -0.879. The van der Waals surface area contributed by atoms with E-state index < -0.39 is 5.82 Å². The summed E-state index contributed by atoms with van der Waals surface area (Å²) in [7, 11) is 0. The Labute approximate surface area is 166 Å². The number of aryl methyl sites for hydroxylation is 1. The van der Waals surface area contributed by atoms with Gasteiger partial charge in [0.1, 0.15) is 17.0 Å². The summed E-state index contributed by atoms with van der Waals surface area (Å²) in [6.07, 6.45) is 4.82. The Morgan fingerprint density at radius 3 is 2.52 bits per heavy atom. The second-order valence-corrected chi connectivity index (χ2v) is 6.64. The van der Waals surface area contributed by atoms with Crippen molar-refractivity contribution in [1.82, 2.24) is 19.9 Å². The molecule has 7 heteroatoms. The lowest BCUT2D eigenvalue weighted by molar-refractivity contribution is 0.0979. The highest BCUT2D eigenvalue weighted by Crippen LogP contribution is 2.21. The van der Waals surface area contributed by atoms with Crippen molar-refractivity contribution in [3.05, 3.63) is 89.4 Å². The van der Waals surface area contributed by atoms with Crippen molar-refractivity contribution in [3.63, 3.8) is 0 Å². The van der Waals surface area contributed by atoms with Gasteiger partial charge in [0.2, 0.25) is 5.95 Å². The number of anilines is 1. The minimum Gasteiger partial charge on any atom is -0.368 e. The number of fused-ring (bicyclic) bond motifs is 1. The Kier molecular flexibility index (Phi) is 5.20. The molecule has 0 radical (unpaired) electrons. The Bertz CT molecular complexity index is 1180. The van der Waals surface area contributed by atoms with E-state index in [9.17, 15) is 9.18 Å². The van der Waals surface area contributed by atoms with Gasteiger partial charge in [0.15, 0.2) is 5.78 Å². The minimum atomic E-state index is -0.531. The molecule has 4 rings (SSSR count). The summed E-state index contributed by atoms with van der Waals surface area (Å²) in [6, 6.07) is 14.1. The van der Waals surface area contributed by atoms with Crippen molar-refractivity contribution in [3.8, 4) is 0 Å². The first kappa shape index (κ1) is 18.6. The molecular formula is C22H18FN5O. The lowest BCUT2D eigenvalue weighted by atomic mass is 10.0. The number of aromatic nitrogens is 4. The molecule has 0 aliphatic rings. The van der Waals surface area contributed by atoms with Crippen LogP contribution in [0, 0.1) is 5.82 Å². The highest BCUT2D eigenvalue weighted by atomic mass is 19.1. The molecular weight excluding hydrogens is 369 g/mol. The predicted molar refractivity (Wildman–Crippen MR) is 108 cm³/mol. The summed E-state index contributed by atoms with van der Waals surface area (Å²) in [5.41, 5.74) is 8.71. The molecule has 3 heterocycles. The van der Waals surface area contributed by atoms with Crippen LogP contribution in [0.15, 0.2) is 60.9 Å². The van der Waals surface area contributed by atoms with E-state index in [0.717, 1.165) is 17.0 Å². The number of rotatable bonds is 6. The van der Waals surface area contributed by atoms with Gasteiger partial charge in [0.05, 0.1) is 0 Å². The van der Waals surface area contributed by atoms with E-state index in [1.807, 2.05) is 30.3 Å². The molecule has 0 amide bonds. The summed E-state index contributed by atoms with van der Waals surface area (Å²) >= 11 is 0. The van der Waals surface area contributed by atoms with Crippen molar-refractivity contribution in [1.29, 1.82) is 0 Å². The topological polar surface area (TPSA) is 94.7 Å². The predicted octanol–water partition coefficient (Wildman–Crippen LogP) is 3.55. The second kappa shape index (κ2) is 8.10. The maximum absolute atomic E-state index is 14.0. The van der Waals surface area contributed by atoms with Crippen LogP contribution in [0.5, 0.6) is 0 Å². The van der Waals surface area contributed by atoms with Gasteiger partial charge in [-0.1, -0.05) is 18.2 Å². The smallest absolute Gasteiger partial charge is 0.221 e. The number of nitrogens with two attached hydrogens (primary N) is 1. The van der Waals surface area contributed by atoms with Gasteiger partial charge < -0.3 is 5.73 Å². The monoisotopic (exact) mass is 387 g/mol. The molecule has 0 bridgehead atoms. The quantitative estimate of drug-likeness (QED) is 0.509. The van der Waals surface area contributed by atoms with Crippen LogP contribution in [0.3, 0.4) is 0 Å². The molecule has 29 heavy (non-hydrogen) atoms. The van der Waals surface area contributed by atoms with E-state index in [0.29, 0.717) is 18.2 Å². The van der Waals surface area contributed by atoms with E-state index in [1.165, 1.54) is 12.1 Å². The van der Waals surface area contributed by atoms with Gasteiger partial charge in [-0.05, 0) is 42.3 Å². The number of para-hydroxylation sites is 1. The summed E-state index contributed by atoms with van der Waals surface area (Å²) < 4.78 is 14.0. The standard InChI is InChI=1S/C22H18FN5O/c23-18-6-2-5-17-20(18)27-22(24)28-21(17)19(29)8-7-15-3-1-4-16(26-15)13-14-9-11-25-12-10-14/h1-6,9-12H,7-8,13H2,(H2,24,27,28). The van der Waals surface area contributed by atoms with E-state index >= 15 is 0 Å². The van der Waals surface area contributed by atoms with E-state index in [-0.39, 0.29) is 29.4 Å². The number of hydrogen-bond donors (Lipinski definition) is 1. The number of nitrogens with zero attached hydrogens (tertiary/aromatic N) is 4. The number of ketones is 1. The fourth-order valence-corrected chi connectivity index (χ4v) is 3.18. The second-order valence-electron chi connectivity index (χ2n) is 6.64. The Morgan fingerprint density at radius 2 is 1.69 bits per heavy atom. The van der Waals surface area contributed by atoms with Crippen molar-refractivity contribution >= 4 is 22.6 Å². The van der Waals surface area contributed by atoms with Crippen LogP contribution < -0.4 is 5.73 Å². The lowest BCUT2D eigenvalue weighted by Gasteiger charge is -2.07. The number of Topliss-reactive ketones (excluding diaryl/α,β-unsaturated/α-hetero) is 1. The number of pyridine rings is 2. The molecule has 1 aromatic carbocycles. The van der Waals surface area contributed by atoms with E-state index in [4.69, 9.17) is 5.73 Å². The Balaban J connectivity index is 1.51. The molecule has 0 saturated carbocycles. The van der Waals surface area contributed by atoms with Gasteiger partial charge in [-0.15, -0.1) is 0 Å². The first-order chi connectivity index (χ1) is 14.1. The van der Waals surface area contributed by atoms with Crippen LogP contribution in [0.4, 0.5) is 10.3 Å². The average Bonchev–Trinajstić information content (AvgIpc) is 2.73. The number of carbonyl (C=O) groups excluding carboxylic acids is 1. The van der Waals surface area contributed by atoms with Crippen LogP contribution in [-0.2, 0) is 12.8 Å². The van der Waals surface area contributed by atoms with Crippen LogP contribution in [0.2, 0.25) is 0 Å². The van der Waals surface area contributed by atoms with E-state index in [1.54, 1.807) is 18.5 Å². The lowest BCUT2D eigenvalue weighted by Crippen LogP contribution is -2.09. The molecule has 0 saturated heterocycles. The normalized spacial score (nSPS) is 10.9. The van der Waals surface area contributed by atoms with Crippen LogP contribution in [0.1, 0.15) is 33.9 Å². The third-order valence-corrected chi connectivity index (χ3v) is 4.57. The minimum absolute atomic E-state index is 0.0563. The SMILES string of the molecule is Nc1nc(C(=O)CCc2cccc(Cc3ccncc3)n2)c2cccc(F)c2n1. The number of hydrogen-bond acceptors (Lipinski definition) is 6. The molecule has 0 unspecified atom stereocenters. The number of halogens is 1. The average molecular weight is 387 g/mol. The van der Waals surface area contributed by atoms with Gasteiger partial charge in [0.25, 0.3) is 0 Å². The van der Waals surface area contributed by atoms with Crippen LogP contribution >= 0.6 is 0 Å². The summed E-state index contributed by atoms with van der Waals surface area (Å²) in [4.78, 5) is 29.4. The van der Waals surface area contributed by atoms with Gasteiger partial charge in [0, 0.05) is 42.0 Å². The molecule has 4 aromatic rings. The van der Waals surface area contributed by atoms with Gasteiger partial charge in [-0.25, -0.2) is 14.4 Å². The first-order valence-corrected chi connectivity index (χ1v) is 9.19. The number of carbonyl (C=O) groups is 1. The molecule has 0 aliphatic carbocycles. The molecule has 144 valence electrons. The van der Waals surface area contributed by atoms with Crippen LogP contribution in [0.25, 0.3) is 10.9 Å². The highest BCUT2D eigenvalue weighted by molar-refractivity contribution is 6.06. The van der Waals surface area contributed by atoms with Crippen LogP contribution in [-0.4, -0.2) is 25.7 Å². The highest BCUT2D eigenvalue weighted by Gasteiger charge is 2.16. The van der Waals surface area contributed by atoms with Crippen molar-refractivity contribution in [2.75, 3.05) is 5.73 Å². The zero-order chi connectivity index (χ0) is 20.2. The third kappa shape index (κ3) is 4.24. The molecule has 2 N–H and O–H groups in total. The first-order valence-electron chi connectivity index (χ1n) is 9.19. The van der Waals surface area contributed by atoms with E-state index in [2.05, 4.69) is 19.9 Å². The molecule has 6 nitrogen and oxygen atoms in total. The van der Waals surface area contributed by atoms with Crippen molar-refractivity contribution in [2.24, 2.45) is 0 Å². The molecule has 0 atom stereocenters. The molecule has 3 aromatic heterocycles. The maximum atomic E-state index is 14.0.